The van der Waals surface area contributed by atoms with E-state index in [1.807, 2.05) is 19.0 Å². The second-order valence-corrected chi connectivity index (χ2v) is 8.35. The summed E-state index contributed by atoms with van der Waals surface area (Å²) in [4.78, 5) is 27.4. The number of alkyl halides is 3. The minimum absolute atomic E-state index is 0.0280. The summed E-state index contributed by atoms with van der Waals surface area (Å²) in [5.41, 5.74) is -0.270. The summed E-state index contributed by atoms with van der Waals surface area (Å²) in [5, 5.41) is 1.53. The molecule has 2 fully saturated rings. The van der Waals surface area contributed by atoms with Crippen molar-refractivity contribution < 1.29 is 22.8 Å². The Kier molecular flexibility index (Phi) is 5.97. The number of hydrogen-bond acceptors (Lipinski definition) is 5. The molecule has 152 valence electrons. The number of nitrogens with zero attached hydrogens (tertiary/aromatic N) is 2. The van der Waals surface area contributed by atoms with Crippen molar-refractivity contribution in [1.29, 1.82) is 0 Å². The molecule has 1 aromatic carbocycles. The summed E-state index contributed by atoms with van der Waals surface area (Å²) in [7, 11) is 3.99. The minimum Gasteiger partial charge on any atom is -0.370 e. The van der Waals surface area contributed by atoms with E-state index in [0.717, 1.165) is 25.0 Å². The van der Waals surface area contributed by atoms with Crippen molar-refractivity contribution in [3.05, 3.63) is 33.2 Å². The quantitative estimate of drug-likeness (QED) is 0.723. The Hall–Kier alpha value is -1.71. The Morgan fingerprint density at radius 3 is 2.39 bits per heavy atom. The van der Waals surface area contributed by atoms with Gasteiger partial charge >= 0.3 is 6.18 Å². The minimum atomic E-state index is -4.58. The Labute approximate surface area is 169 Å². The Bertz CT molecular complexity index is 834. The van der Waals surface area contributed by atoms with E-state index >= 15 is 0 Å². The Morgan fingerprint density at radius 2 is 1.89 bits per heavy atom. The van der Waals surface area contributed by atoms with Crippen LogP contribution in [0.15, 0.2) is 17.0 Å². The molecule has 2 amide bonds. The lowest BCUT2D eigenvalue weighted by molar-refractivity contribution is -0.137. The van der Waals surface area contributed by atoms with Crippen molar-refractivity contribution >= 4 is 46.3 Å². The molecule has 1 N–H and O–H groups in total. The molecule has 0 saturated carbocycles. The molecule has 0 bridgehead atoms. The van der Waals surface area contributed by atoms with E-state index in [1.165, 1.54) is 6.08 Å². The highest BCUT2D eigenvalue weighted by atomic mass is 35.5. The van der Waals surface area contributed by atoms with Crippen molar-refractivity contribution in [1.82, 2.24) is 10.2 Å². The van der Waals surface area contributed by atoms with Crippen LogP contribution in [0.5, 0.6) is 0 Å². The highest BCUT2D eigenvalue weighted by Gasteiger charge is 2.34. The molecular formula is C18H19ClF3N3O2S. The number of benzene rings is 1. The number of carbonyl (C=O) groups is 2. The zero-order chi connectivity index (χ0) is 20.6. The summed E-state index contributed by atoms with van der Waals surface area (Å²) >= 11 is 6.93. The fourth-order valence-corrected chi connectivity index (χ4v) is 4.42. The zero-order valence-electron chi connectivity index (χ0n) is 15.3. The molecule has 3 rings (SSSR count). The molecule has 0 radical (unpaired) electrons. The van der Waals surface area contributed by atoms with Crippen molar-refractivity contribution in [3.8, 4) is 0 Å². The van der Waals surface area contributed by atoms with Crippen LogP contribution in [0.3, 0.4) is 0 Å². The van der Waals surface area contributed by atoms with E-state index in [2.05, 4.69) is 10.2 Å². The first-order chi connectivity index (χ1) is 13.1. The fourth-order valence-electron chi connectivity index (χ4n) is 3.40. The SMILES string of the molecule is CN(C)C1CCN(c2c(Cl)cc(C(F)(F)F)cc2C=C2SC(=O)NC2=O)CC1. The van der Waals surface area contributed by atoms with Crippen molar-refractivity contribution in [3.63, 3.8) is 0 Å². The molecule has 0 atom stereocenters. The zero-order valence-corrected chi connectivity index (χ0v) is 16.8. The second-order valence-electron chi connectivity index (χ2n) is 6.93. The molecule has 5 nitrogen and oxygen atoms in total. The maximum Gasteiger partial charge on any atom is 0.416 e. The van der Waals surface area contributed by atoms with Crippen molar-refractivity contribution in [2.45, 2.75) is 25.1 Å². The van der Waals surface area contributed by atoms with Gasteiger partial charge in [-0.2, -0.15) is 13.2 Å². The number of carbonyl (C=O) groups excluding carboxylic acids is 2. The van der Waals surface area contributed by atoms with Crippen molar-refractivity contribution in [2.24, 2.45) is 0 Å². The Balaban J connectivity index is 2.03. The van der Waals surface area contributed by atoms with E-state index in [0.29, 0.717) is 36.6 Å². The maximum absolute atomic E-state index is 13.3. The van der Waals surface area contributed by atoms with Crippen LogP contribution in [0.2, 0.25) is 5.02 Å². The molecular weight excluding hydrogens is 415 g/mol. The number of halogens is 4. The average molecular weight is 434 g/mol. The molecule has 1 aromatic rings. The third kappa shape index (κ3) is 4.47. The average Bonchev–Trinajstić information content (AvgIpc) is 2.91. The normalized spacial score (nSPS) is 20.4. The maximum atomic E-state index is 13.3. The number of thioether (sulfide) groups is 1. The lowest BCUT2D eigenvalue weighted by Gasteiger charge is -2.37. The van der Waals surface area contributed by atoms with Gasteiger partial charge in [-0.1, -0.05) is 11.6 Å². The number of rotatable bonds is 3. The standard InChI is InChI=1S/C18H19ClF3N3O2S/c1-24(2)12-3-5-25(6-4-12)15-10(8-14-16(26)23-17(27)28-14)7-11(9-13(15)19)18(20,21)22/h7-9,12H,3-6H2,1-2H3,(H,23,26,27). The van der Waals surface area contributed by atoms with Gasteiger partial charge in [-0.25, -0.2) is 0 Å². The highest BCUT2D eigenvalue weighted by Crippen LogP contribution is 2.41. The molecule has 0 unspecified atom stereocenters. The summed E-state index contributed by atoms with van der Waals surface area (Å²) in [5.74, 6) is -0.624. The van der Waals surface area contributed by atoms with Crippen LogP contribution in [-0.2, 0) is 11.0 Å². The number of hydrogen-bond donors (Lipinski definition) is 1. The Morgan fingerprint density at radius 1 is 1.25 bits per heavy atom. The smallest absolute Gasteiger partial charge is 0.370 e. The van der Waals surface area contributed by atoms with Gasteiger partial charge < -0.3 is 9.80 Å². The molecule has 28 heavy (non-hydrogen) atoms. The van der Waals surface area contributed by atoms with Crippen LogP contribution in [0.4, 0.5) is 23.7 Å². The molecule has 0 aliphatic carbocycles. The fraction of sp³-hybridized carbons (Fsp3) is 0.444. The molecule has 2 aliphatic heterocycles. The van der Waals surface area contributed by atoms with E-state index in [9.17, 15) is 22.8 Å². The van der Waals surface area contributed by atoms with Gasteiger partial charge in [-0.15, -0.1) is 0 Å². The lowest BCUT2D eigenvalue weighted by atomic mass is 10.0. The lowest BCUT2D eigenvalue weighted by Crippen LogP contribution is -2.42. The monoisotopic (exact) mass is 433 g/mol. The summed E-state index contributed by atoms with van der Waals surface area (Å²) < 4.78 is 39.8. The van der Waals surface area contributed by atoms with Gasteiger partial charge in [0.1, 0.15) is 0 Å². The molecule has 0 aromatic heterocycles. The number of amides is 2. The van der Waals surface area contributed by atoms with Gasteiger partial charge in [-0.05, 0) is 56.9 Å². The van der Waals surface area contributed by atoms with Gasteiger partial charge in [0.15, 0.2) is 0 Å². The van der Waals surface area contributed by atoms with Gasteiger partial charge in [0, 0.05) is 24.7 Å². The highest BCUT2D eigenvalue weighted by molar-refractivity contribution is 8.18. The van der Waals surface area contributed by atoms with E-state index < -0.39 is 22.9 Å². The first kappa shape index (κ1) is 21.0. The van der Waals surface area contributed by atoms with Crippen LogP contribution >= 0.6 is 23.4 Å². The van der Waals surface area contributed by atoms with E-state index in [-0.39, 0.29) is 15.5 Å². The summed E-state index contributed by atoms with van der Waals surface area (Å²) in [6.45, 7) is 1.25. The van der Waals surface area contributed by atoms with Crippen LogP contribution in [0, 0.1) is 0 Å². The predicted octanol–water partition coefficient (Wildman–Crippen LogP) is 4.21. The van der Waals surface area contributed by atoms with Crippen molar-refractivity contribution in [2.75, 3.05) is 32.1 Å². The van der Waals surface area contributed by atoms with E-state index in [4.69, 9.17) is 11.6 Å². The third-order valence-corrected chi connectivity index (χ3v) is 5.96. The third-order valence-electron chi connectivity index (χ3n) is 4.86. The molecule has 2 aliphatic rings. The molecule has 0 spiro atoms. The predicted molar refractivity (Wildman–Crippen MR) is 104 cm³/mol. The summed E-state index contributed by atoms with van der Waals surface area (Å²) in [6, 6.07) is 2.27. The van der Waals surface area contributed by atoms with Gasteiger partial charge in [0.25, 0.3) is 11.1 Å². The van der Waals surface area contributed by atoms with Crippen LogP contribution in [-0.4, -0.2) is 49.3 Å². The van der Waals surface area contributed by atoms with Gasteiger partial charge in [0.05, 0.1) is 21.2 Å². The van der Waals surface area contributed by atoms with Crippen LogP contribution in [0.25, 0.3) is 6.08 Å². The van der Waals surface area contributed by atoms with Crippen LogP contribution < -0.4 is 10.2 Å². The largest absolute Gasteiger partial charge is 0.416 e. The molecule has 10 heteroatoms. The molecule has 2 saturated heterocycles. The van der Waals surface area contributed by atoms with E-state index in [1.54, 1.807) is 0 Å². The topological polar surface area (TPSA) is 52.6 Å². The number of nitrogens with one attached hydrogen (secondary N) is 1. The first-order valence-corrected chi connectivity index (χ1v) is 9.82. The number of piperidine rings is 1. The van der Waals surface area contributed by atoms with Crippen LogP contribution in [0.1, 0.15) is 24.0 Å². The summed E-state index contributed by atoms with van der Waals surface area (Å²) in [6.07, 6.45) is -1.59. The second kappa shape index (κ2) is 7.96. The number of imide groups is 1. The molecule has 2 heterocycles. The van der Waals surface area contributed by atoms with Gasteiger partial charge in [0.2, 0.25) is 0 Å². The first-order valence-electron chi connectivity index (χ1n) is 8.63. The number of anilines is 1. The van der Waals surface area contributed by atoms with Gasteiger partial charge in [-0.3, -0.25) is 14.9 Å².